The van der Waals surface area contributed by atoms with Crippen molar-refractivity contribution in [2.75, 3.05) is 57.9 Å². The maximum absolute atomic E-state index is 12.3. The summed E-state index contributed by atoms with van der Waals surface area (Å²) in [5.41, 5.74) is 1.11. The van der Waals surface area contributed by atoms with Gasteiger partial charge < -0.3 is 29.3 Å². The lowest BCUT2D eigenvalue weighted by Gasteiger charge is -2.37. The monoisotopic (exact) mass is 349 g/mol. The van der Waals surface area contributed by atoms with Gasteiger partial charge in [-0.05, 0) is 19.1 Å². The summed E-state index contributed by atoms with van der Waals surface area (Å²) >= 11 is 0. The van der Waals surface area contributed by atoms with Crippen LogP contribution in [-0.4, -0.2) is 76.2 Å². The third kappa shape index (κ3) is 4.55. The minimum atomic E-state index is -0.125. The lowest BCUT2D eigenvalue weighted by molar-refractivity contribution is -0.0855. The standard InChI is InChI=1S/C18H27N3O4/c1-3-21-12-15(25-17-7-5-4-6-16(17)21)11-20(2)18(22)19-10-14-13-23-8-9-24-14/h4-7,14-15H,3,8-13H2,1-2H3,(H,19,22)/t14-,15+/m1/s1. The van der Waals surface area contributed by atoms with Crippen LogP contribution in [0.25, 0.3) is 0 Å². The van der Waals surface area contributed by atoms with Crippen LogP contribution in [0.5, 0.6) is 5.75 Å². The van der Waals surface area contributed by atoms with Gasteiger partial charge in [-0.15, -0.1) is 0 Å². The molecule has 2 heterocycles. The fourth-order valence-electron chi connectivity index (χ4n) is 3.15. The number of nitrogens with zero attached hydrogens (tertiary/aromatic N) is 2. The largest absolute Gasteiger partial charge is 0.485 e. The Hall–Kier alpha value is -1.99. The van der Waals surface area contributed by atoms with Crippen LogP contribution in [0.4, 0.5) is 10.5 Å². The summed E-state index contributed by atoms with van der Waals surface area (Å²) < 4.78 is 16.9. The van der Waals surface area contributed by atoms with Crippen molar-refractivity contribution in [1.82, 2.24) is 10.2 Å². The number of carbonyl (C=O) groups is 1. The van der Waals surface area contributed by atoms with Crippen molar-refractivity contribution in [2.45, 2.75) is 19.1 Å². The molecule has 1 fully saturated rings. The van der Waals surface area contributed by atoms with E-state index >= 15 is 0 Å². The van der Waals surface area contributed by atoms with Gasteiger partial charge in [0, 0.05) is 20.1 Å². The van der Waals surface area contributed by atoms with Crippen molar-refractivity contribution < 1.29 is 19.0 Å². The number of amides is 2. The minimum absolute atomic E-state index is 0.0557. The third-order valence-electron chi connectivity index (χ3n) is 4.50. The van der Waals surface area contributed by atoms with Crippen LogP contribution < -0.4 is 15.0 Å². The number of nitrogens with one attached hydrogen (secondary N) is 1. The summed E-state index contributed by atoms with van der Waals surface area (Å²) in [6.45, 7) is 6.52. The first kappa shape index (κ1) is 17.8. The van der Waals surface area contributed by atoms with E-state index in [2.05, 4.69) is 23.2 Å². The molecule has 0 aliphatic carbocycles. The van der Waals surface area contributed by atoms with E-state index < -0.39 is 0 Å². The lowest BCUT2D eigenvalue weighted by atomic mass is 10.2. The summed E-state index contributed by atoms with van der Waals surface area (Å²) in [6, 6.07) is 7.90. The highest BCUT2D eigenvalue weighted by atomic mass is 16.6. The van der Waals surface area contributed by atoms with Crippen LogP contribution in [0.15, 0.2) is 24.3 Å². The molecule has 1 saturated heterocycles. The number of fused-ring (bicyclic) bond motifs is 1. The highest BCUT2D eigenvalue weighted by molar-refractivity contribution is 5.74. The normalized spacial score (nSPS) is 22.7. The Kier molecular flexibility index (Phi) is 5.99. The molecule has 0 bridgehead atoms. The number of benzene rings is 1. The maximum Gasteiger partial charge on any atom is 0.317 e. The van der Waals surface area contributed by atoms with Crippen LogP contribution in [-0.2, 0) is 9.47 Å². The summed E-state index contributed by atoms with van der Waals surface area (Å²) in [6.07, 6.45) is -0.126. The highest BCUT2D eigenvalue weighted by Gasteiger charge is 2.27. The lowest BCUT2D eigenvalue weighted by Crippen LogP contribution is -2.50. The van der Waals surface area contributed by atoms with Crippen LogP contribution in [0.2, 0.25) is 0 Å². The van der Waals surface area contributed by atoms with Gasteiger partial charge in [-0.1, -0.05) is 12.1 Å². The second kappa shape index (κ2) is 8.40. The first-order valence-electron chi connectivity index (χ1n) is 8.86. The van der Waals surface area contributed by atoms with E-state index in [1.807, 2.05) is 18.2 Å². The van der Waals surface area contributed by atoms with Crippen molar-refractivity contribution >= 4 is 11.7 Å². The van der Waals surface area contributed by atoms with Crippen molar-refractivity contribution in [3.63, 3.8) is 0 Å². The Morgan fingerprint density at radius 3 is 2.92 bits per heavy atom. The Bertz CT molecular complexity index is 577. The molecule has 0 spiro atoms. The fourth-order valence-corrected chi connectivity index (χ4v) is 3.15. The average molecular weight is 349 g/mol. The number of ether oxygens (including phenoxy) is 3. The predicted molar refractivity (Wildman–Crippen MR) is 95.3 cm³/mol. The van der Waals surface area contributed by atoms with E-state index in [0.717, 1.165) is 24.5 Å². The van der Waals surface area contributed by atoms with Crippen LogP contribution in [0, 0.1) is 0 Å². The van der Waals surface area contributed by atoms with E-state index in [-0.39, 0.29) is 18.2 Å². The molecule has 0 aromatic heterocycles. The zero-order valence-electron chi connectivity index (χ0n) is 14.9. The summed E-state index contributed by atoms with van der Waals surface area (Å²) in [7, 11) is 1.79. The molecule has 1 N–H and O–H groups in total. The van der Waals surface area contributed by atoms with Gasteiger partial charge in [-0.3, -0.25) is 0 Å². The number of rotatable bonds is 5. The second-order valence-corrected chi connectivity index (χ2v) is 6.38. The molecule has 2 aliphatic heterocycles. The number of para-hydroxylation sites is 2. The number of anilines is 1. The maximum atomic E-state index is 12.3. The fraction of sp³-hybridized carbons (Fsp3) is 0.611. The molecule has 1 aromatic carbocycles. The number of hydrogen-bond donors (Lipinski definition) is 1. The molecule has 0 saturated carbocycles. The number of urea groups is 1. The van der Waals surface area contributed by atoms with Gasteiger partial charge in [0.1, 0.15) is 11.9 Å². The van der Waals surface area contributed by atoms with Crippen LogP contribution >= 0.6 is 0 Å². The molecule has 1 aromatic rings. The van der Waals surface area contributed by atoms with Gasteiger partial charge in [0.25, 0.3) is 0 Å². The quantitative estimate of drug-likeness (QED) is 0.869. The van der Waals surface area contributed by atoms with E-state index in [9.17, 15) is 4.79 Å². The molecule has 2 amide bonds. The Labute approximate surface area is 148 Å². The smallest absolute Gasteiger partial charge is 0.317 e. The molecule has 2 atom stereocenters. The molecule has 0 unspecified atom stereocenters. The molecule has 2 aliphatic rings. The molecular weight excluding hydrogens is 322 g/mol. The van der Waals surface area contributed by atoms with Gasteiger partial charge in [0.05, 0.1) is 44.7 Å². The van der Waals surface area contributed by atoms with E-state index in [1.165, 1.54) is 0 Å². The number of hydrogen-bond acceptors (Lipinski definition) is 5. The average Bonchev–Trinajstić information content (AvgIpc) is 2.66. The summed E-state index contributed by atoms with van der Waals surface area (Å²) in [4.78, 5) is 16.2. The van der Waals surface area contributed by atoms with E-state index in [4.69, 9.17) is 14.2 Å². The summed E-state index contributed by atoms with van der Waals surface area (Å²) in [5.74, 6) is 0.877. The van der Waals surface area contributed by atoms with Gasteiger partial charge in [0.15, 0.2) is 0 Å². The third-order valence-corrected chi connectivity index (χ3v) is 4.50. The van der Waals surface area contributed by atoms with Crippen molar-refractivity contribution in [1.29, 1.82) is 0 Å². The number of carbonyl (C=O) groups excluding carboxylic acids is 1. The first-order valence-corrected chi connectivity index (χ1v) is 8.86. The van der Waals surface area contributed by atoms with E-state index in [0.29, 0.717) is 32.9 Å². The van der Waals surface area contributed by atoms with Gasteiger partial charge in [0.2, 0.25) is 0 Å². The topological polar surface area (TPSA) is 63.3 Å². The molecule has 7 nitrogen and oxygen atoms in total. The second-order valence-electron chi connectivity index (χ2n) is 6.38. The molecule has 3 rings (SSSR count). The number of likely N-dealkylation sites (N-methyl/N-ethyl adjacent to an activating group) is 2. The Morgan fingerprint density at radius 1 is 1.32 bits per heavy atom. The van der Waals surface area contributed by atoms with Crippen molar-refractivity contribution in [2.24, 2.45) is 0 Å². The molecule has 138 valence electrons. The zero-order chi connectivity index (χ0) is 17.6. The van der Waals surface area contributed by atoms with Crippen molar-refractivity contribution in [3.05, 3.63) is 24.3 Å². The van der Waals surface area contributed by atoms with Gasteiger partial charge in [-0.2, -0.15) is 0 Å². The SMILES string of the molecule is CCN1C[C@H](CN(C)C(=O)NC[C@@H]2COCCO2)Oc2ccccc21. The minimum Gasteiger partial charge on any atom is -0.485 e. The van der Waals surface area contributed by atoms with Crippen LogP contribution in [0.3, 0.4) is 0 Å². The predicted octanol–water partition coefficient (Wildman–Crippen LogP) is 1.33. The highest BCUT2D eigenvalue weighted by Crippen LogP contribution is 2.32. The Morgan fingerprint density at radius 2 is 2.16 bits per heavy atom. The summed E-state index contributed by atoms with van der Waals surface area (Å²) in [5, 5.41) is 2.90. The zero-order valence-corrected chi connectivity index (χ0v) is 14.9. The molecule has 0 radical (unpaired) electrons. The Balaban J connectivity index is 1.50. The van der Waals surface area contributed by atoms with Gasteiger partial charge in [-0.25, -0.2) is 4.79 Å². The van der Waals surface area contributed by atoms with Crippen LogP contribution in [0.1, 0.15) is 6.92 Å². The molecule has 7 heteroatoms. The van der Waals surface area contributed by atoms with Crippen molar-refractivity contribution in [3.8, 4) is 5.75 Å². The first-order chi connectivity index (χ1) is 12.2. The van der Waals surface area contributed by atoms with Gasteiger partial charge >= 0.3 is 6.03 Å². The molecule has 25 heavy (non-hydrogen) atoms. The van der Waals surface area contributed by atoms with E-state index in [1.54, 1.807) is 11.9 Å². The molecular formula is C18H27N3O4.